The predicted octanol–water partition coefficient (Wildman–Crippen LogP) is 6.53. The van der Waals surface area contributed by atoms with Crippen LogP contribution in [0.15, 0.2) is 11.1 Å². The zero-order valence-electron chi connectivity index (χ0n) is 26.4. The van der Waals surface area contributed by atoms with Gasteiger partial charge < -0.3 is 14.6 Å². The highest BCUT2D eigenvalue weighted by molar-refractivity contribution is 6.06. The molecule has 4 fully saturated rings. The Morgan fingerprint density at radius 1 is 0.902 bits per heavy atom. The van der Waals surface area contributed by atoms with E-state index in [0.717, 1.165) is 56.1 Å². The summed E-state index contributed by atoms with van der Waals surface area (Å²) in [6.07, 6.45) is 7.37. The third-order valence-electron chi connectivity index (χ3n) is 13.4. The number of aliphatic carboxylic acids is 1. The number of carbonyl (C=O) groups is 4. The second-order valence-electron chi connectivity index (χ2n) is 15.7. The third-order valence-corrected chi connectivity index (χ3v) is 13.4. The van der Waals surface area contributed by atoms with E-state index >= 15 is 0 Å². The minimum absolute atomic E-state index is 0.00913. The molecule has 0 unspecified atom stereocenters. The Labute approximate surface area is 245 Å². The standard InChI is InChI=1S/C34H50O7/c1-19(2)27-22(36)17-34(29(39)40-18-26(37)38)16-15-32(7)21(28(27)34)9-10-24-31(6)13-12-25(41-20(3)35)30(4,5)23(31)11-14-33(24,32)8/h19,21,23-25H,9-18H2,1-8H3,(H,37,38)/t21-,23+,24-,25+,31+,32-,33-,34-/m1/s1. The molecule has 0 aromatic heterocycles. The molecule has 41 heavy (non-hydrogen) atoms. The van der Waals surface area contributed by atoms with Crippen LogP contribution in [0.1, 0.15) is 113 Å². The smallest absolute Gasteiger partial charge is 0.341 e. The van der Waals surface area contributed by atoms with Crippen molar-refractivity contribution in [1.29, 1.82) is 0 Å². The van der Waals surface area contributed by atoms with Crippen molar-refractivity contribution in [3.63, 3.8) is 0 Å². The molecule has 0 aliphatic heterocycles. The third kappa shape index (κ3) is 4.10. The molecule has 5 aliphatic carbocycles. The number of carboxylic acids is 1. The molecule has 0 saturated heterocycles. The fourth-order valence-corrected chi connectivity index (χ4v) is 11.5. The van der Waals surface area contributed by atoms with Gasteiger partial charge in [-0.2, -0.15) is 0 Å². The molecule has 7 nitrogen and oxygen atoms in total. The molecule has 0 aromatic carbocycles. The van der Waals surface area contributed by atoms with Crippen LogP contribution in [0, 0.1) is 50.7 Å². The maximum Gasteiger partial charge on any atom is 0.341 e. The lowest BCUT2D eigenvalue weighted by Gasteiger charge is -2.72. The number of hydrogen-bond acceptors (Lipinski definition) is 6. The first-order chi connectivity index (χ1) is 19.0. The van der Waals surface area contributed by atoms with Crippen molar-refractivity contribution in [2.75, 3.05) is 6.61 Å². The summed E-state index contributed by atoms with van der Waals surface area (Å²) in [5.74, 6) is -0.881. The summed E-state index contributed by atoms with van der Waals surface area (Å²) < 4.78 is 11.2. The van der Waals surface area contributed by atoms with Crippen LogP contribution < -0.4 is 0 Å². The summed E-state index contributed by atoms with van der Waals surface area (Å²) >= 11 is 0. The Bertz CT molecular complexity index is 1200. The van der Waals surface area contributed by atoms with Crippen LogP contribution in [0.4, 0.5) is 0 Å². The molecule has 228 valence electrons. The molecule has 0 radical (unpaired) electrons. The van der Waals surface area contributed by atoms with Gasteiger partial charge in [-0.15, -0.1) is 0 Å². The Balaban J connectivity index is 1.55. The van der Waals surface area contributed by atoms with Crippen LogP contribution in [0.25, 0.3) is 0 Å². The van der Waals surface area contributed by atoms with Crippen molar-refractivity contribution < 1.29 is 33.8 Å². The van der Waals surface area contributed by atoms with Gasteiger partial charge in [0.2, 0.25) is 0 Å². The van der Waals surface area contributed by atoms with E-state index in [2.05, 4.69) is 34.6 Å². The topological polar surface area (TPSA) is 107 Å². The first kappa shape index (κ1) is 30.3. The van der Waals surface area contributed by atoms with Crippen LogP contribution in [0.3, 0.4) is 0 Å². The van der Waals surface area contributed by atoms with Gasteiger partial charge >= 0.3 is 17.9 Å². The first-order valence-electron chi connectivity index (χ1n) is 15.8. The lowest BCUT2D eigenvalue weighted by atomic mass is 9.33. The molecule has 0 heterocycles. The van der Waals surface area contributed by atoms with Crippen molar-refractivity contribution in [2.24, 2.45) is 50.7 Å². The number of fused-ring (bicyclic) bond motifs is 7. The molecule has 8 atom stereocenters. The number of ether oxygens (including phenoxy) is 2. The number of esters is 2. The van der Waals surface area contributed by atoms with Crippen molar-refractivity contribution in [3.05, 3.63) is 11.1 Å². The lowest BCUT2D eigenvalue weighted by molar-refractivity contribution is -0.233. The Morgan fingerprint density at radius 3 is 2.20 bits per heavy atom. The zero-order chi connectivity index (χ0) is 30.3. The van der Waals surface area contributed by atoms with Crippen molar-refractivity contribution >= 4 is 23.7 Å². The fourth-order valence-electron chi connectivity index (χ4n) is 11.5. The van der Waals surface area contributed by atoms with E-state index in [1.807, 2.05) is 13.8 Å². The van der Waals surface area contributed by atoms with Crippen LogP contribution >= 0.6 is 0 Å². The van der Waals surface area contributed by atoms with Gasteiger partial charge in [-0.25, -0.2) is 4.79 Å². The molecule has 1 N–H and O–H groups in total. The van der Waals surface area contributed by atoms with E-state index in [-0.39, 0.29) is 57.8 Å². The van der Waals surface area contributed by atoms with Gasteiger partial charge in [-0.05, 0) is 102 Å². The monoisotopic (exact) mass is 570 g/mol. The normalized spacial score (nSPS) is 43.0. The maximum atomic E-state index is 13.7. The second-order valence-corrected chi connectivity index (χ2v) is 15.7. The maximum absolute atomic E-state index is 13.7. The summed E-state index contributed by atoms with van der Waals surface area (Å²) in [6, 6.07) is 0. The molecule has 0 amide bonds. The summed E-state index contributed by atoms with van der Waals surface area (Å²) in [7, 11) is 0. The average molecular weight is 571 g/mol. The molecule has 0 bridgehead atoms. The van der Waals surface area contributed by atoms with Gasteiger partial charge in [0.1, 0.15) is 6.10 Å². The van der Waals surface area contributed by atoms with Gasteiger partial charge in [-0.1, -0.05) is 48.5 Å². The summed E-state index contributed by atoms with van der Waals surface area (Å²) in [5, 5.41) is 9.22. The number of allylic oxidation sites excluding steroid dienone is 1. The molecule has 7 heteroatoms. The molecule has 5 rings (SSSR count). The number of carboxylic acid groups (broad SMARTS) is 1. The van der Waals surface area contributed by atoms with E-state index in [9.17, 15) is 24.3 Å². The SMILES string of the molecule is CC(=O)O[C@H]1CC[C@]2(C)[C@H]3CC[C@@H]4C5=C(C(C)C)C(=O)C[C@]5(C(=O)OCC(=O)O)CC[C@@]4(C)[C@]3(C)CC[C@H]2C1(C)C. The molecule has 5 aliphatic rings. The van der Waals surface area contributed by atoms with Crippen LogP contribution in [0.2, 0.25) is 0 Å². The first-order valence-corrected chi connectivity index (χ1v) is 15.8. The Hall–Kier alpha value is -2.18. The van der Waals surface area contributed by atoms with Crippen LogP contribution in [-0.2, 0) is 28.7 Å². The van der Waals surface area contributed by atoms with Gasteiger partial charge in [-0.3, -0.25) is 14.4 Å². The Morgan fingerprint density at radius 2 is 1.59 bits per heavy atom. The van der Waals surface area contributed by atoms with Crippen molar-refractivity contribution in [3.8, 4) is 0 Å². The van der Waals surface area contributed by atoms with Gasteiger partial charge in [0, 0.05) is 18.8 Å². The highest BCUT2D eigenvalue weighted by Gasteiger charge is 2.71. The molecule has 0 aromatic rings. The van der Waals surface area contributed by atoms with Crippen molar-refractivity contribution in [2.45, 2.75) is 119 Å². The van der Waals surface area contributed by atoms with Crippen LogP contribution in [-0.4, -0.2) is 41.5 Å². The number of carbonyl (C=O) groups excluding carboxylic acids is 3. The predicted molar refractivity (Wildman–Crippen MR) is 154 cm³/mol. The highest BCUT2D eigenvalue weighted by Crippen LogP contribution is 2.76. The van der Waals surface area contributed by atoms with E-state index in [0.29, 0.717) is 18.3 Å². The lowest BCUT2D eigenvalue weighted by Crippen LogP contribution is -2.66. The fraction of sp³-hybridized carbons (Fsp3) is 0.824. The minimum Gasteiger partial charge on any atom is -0.479 e. The minimum atomic E-state index is -1.18. The highest BCUT2D eigenvalue weighted by atomic mass is 16.6. The largest absolute Gasteiger partial charge is 0.479 e. The summed E-state index contributed by atoms with van der Waals surface area (Å²) in [4.78, 5) is 50.5. The zero-order valence-corrected chi connectivity index (χ0v) is 26.4. The molecule has 4 saturated carbocycles. The van der Waals surface area contributed by atoms with E-state index in [4.69, 9.17) is 9.47 Å². The number of hydrogen-bond donors (Lipinski definition) is 1. The quantitative estimate of drug-likeness (QED) is 0.375. The summed E-state index contributed by atoms with van der Waals surface area (Å²) in [6.45, 7) is 16.9. The van der Waals surface area contributed by atoms with E-state index in [1.165, 1.54) is 6.92 Å². The number of rotatable bonds is 5. The molecular weight excluding hydrogens is 520 g/mol. The van der Waals surface area contributed by atoms with Gasteiger partial charge in [0.05, 0.1) is 5.41 Å². The van der Waals surface area contributed by atoms with Gasteiger partial charge in [0.15, 0.2) is 12.4 Å². The van der Waals surface area contributed by atoms with E-state index < -0.39 is 24.0 Å². The summed E-state index contributed by atoms with van der Waals surface area (Å²) in [5.41, 5.74) is 0.645. The van der Waals surface area contributed by atoms with Crippen LogP contribution in [0.5, 0.6) is 0 Å². The van der Waals surface area contributed by atoms with E-state index in [1.54, 1.807) is 0 Å². The van der Waals surface area contributed by atoms with Crippen molar-refractivity contribution in [1.82, 2.24) is 0 Å². The molecular formula is C34H50O7. The Kier molecular flexibility index (Phi) is 7.14. The second kappa shape index (κ2) is 9.67. The number of ketones is 1. The molecule has 0 spiro atoms. The number of Topliss-reactive ketones (excluding diaryl/α,β-unsaturated/α-hetero) is 1. The average Bonchev–Trinajstić information content (AvgIpc) is 3.18. The van der Waals surface area contributed by atoms with Gasteiger partial charge in [0.25, 0.3) is 0 Å².